The maximum absolute atomic E-state index is 12.4. The van der Waals surface area contributed by atoms with Crippen LogP contribution in [0.1, 0.15) is 25.7 Å². The molecule has 3 rings (SSSR count). The van der Waals surface area contributed by atoms with Gasteiger partial charge in [-0.15, -0.1) is 0 Å². The number of hydrogen-bond donors (Lipinski definition) is 1. The van der Waals surface area contributed by atoms with Crippen LogP contribution in [0.4, 0.5) is 0 Å². The topological polar surface area (TPSA) is 41.6 Å². The first-order chi connectivity index (χ1) is 8.33. The van der Waals surface area contributed by atoms with E-state index in [1.807, 2.05) is 0 Å². The number of nitrogens with zero attached hydrogens (tertiary/aromatic N) is 1. The average molecular weight is 238 g/mol. The van der Waals surface area contributed by atoms with Crippen molar-refractivity contribution in [1.82, 2.24) is 10.2 Å². The molecule has 1 atom stereocenters. The summed E-state index contributed by atoms with van der Waals surface area (Å²) in [5.41, 5.74) is 0. The minimum Gasteiger partial charge on any atom is -0.366 e. The molecular weight excluding hydrogens is 216 g/mol. The Morgan fingerprint density at radius 1 is 1.18 bits per heavy atom. The molecule has 1 saturated heterocycles. The van der Waals surface area contributed by atoms with Crippen molar-refractivity contribution >= 4 is 5.91 Å². The molecule has 17 heavy (non-hydrogen) atoms. The summed E-state index contributed by atoms with van der Waals surface area (Å²) >= 11 is 0. The fourth-order valence-corrected chi connectivity index (χ4v) is 2.41. The number of rotatable bonds is 5. The molecule has 4 heteroatoms. The molecule has 0 aromatic carbocycles. The predicted octanol–water partition coefficient (Wildman–Crippen LogP) is 0.623. The first-order valence-corrected chi connectivity index (χ1v) is 6.94. The summed E-state index contributed by atoms with van der Waals surface area (Å²) in [5, 5.41) is 3.24. The van der Waals surface area contributed by atoms with E-state index in [0.717, 1.165) is 31.5 Å². The normalized spacial score (nSPS) is 29.1. The molecule has 4 nitrogen and oxygen atoms in total. The van der Waals surface area contributed by atoms with Gasteiger partial charge >= 0.3 is 0 Å². The fourth-order valence-electron chi connectivity index (χ4n) is 2.41. The number of carbonyl (C=O) groups excluding carboxylic acids is 1. The summed E-state index contributed by atoms with van der Waals surface area (Å²) in [7, 11) is 0. The van der Waals surface area contributed by atoms with E-state index >= 15 is 0 Å². The largest absolute Gasteiger partial charge is 0.366 e. The molecule has 1 aliphatic heterocycles. The van der Waals surface area contributed by atoms with E-state index in [-0.39, 0.29) is 12.0 Å². The summed E-state index contributed by atoms with van der Waals surface area (Å²) in [6.07, 6.45) is 4.98. The van der Waals surface area contributed by atoms with Gasteiger partial charge in [-0.2, -0.15) is 0 Å². The number of ether oxygens (including phenoxy) is 1. The van der Waals surface area contributed by atoms with Gasteiger partial charge in [0.15, 0.2) is 0 Å². The zero-order valence-electron chi connectivity index (χ0n) is 10.4. The van der Waals surface area contributed by atoms with Crippen LogP contribution in [-0.2, 0) is 9.53 Å². The number of nitrogens with one attached hydrogen (secondary N) is 1. The monoisotopic (exact) mass is 238 g/mol. The van der Waals surface area contributed by atoms with Gasteiger partial charge in [-0.05, 0) is 37.5 Å². The summed E-state index contributed by atoms with van der Waals surface area (Å²) in [6.45, 7) is 4.15. The van der Waals surface area contributed by atoms with Crippen LogP contribution in [0.2, 0.25) is 0 Å². The van der Waals surface area contributed by atoms with Crippen LogP contribution in [0.25, 0.3) is 0 Å². The van der Waals surface area contributed by atoms with Crippen LogP contribution in [0.15, 0.2) is 0 Å². The highest BCUT2D eigenvalue weighted by molar-refractivity contribution is 5.81. The Bertz CT molecular complexity index is 267. The Morgan fingerprint density at radius 2 is 1.82 bits per heavy atom. The first-order valence-electron chi connectivity index (χ1n) is 6.94. The number of amides is 1. The lowest BCUT2D eigenvalue weighted by Crippen LogP contribution is -2.50. The minimum atomic E-state index is -0.235. The van der Waals surface area contributed by atoms with Crippen LogP contribution in [-0.4, -0.2) is 49.7 Å². The molecule has 1 N–H and O–H groups in total. The van der Waals surface area contributed by atoms with Gasteiger partial charge in [0.25, 0.3) is 5.91 Å². The SMILES string of the molecule is O=C(C1CNCCO1)N(CC1CC1)CC1CC1. The third-order valence-corrected chi connectivity index (χ3v) is 3.87. The number of carbonyl (C=O) groups is 1. The van der Waals surface area contributed by atoms with Crippen LogP contribution in [0.3, 0.4) is 0 Å². The lowest BCUT2D eigenvalue weighted by molar-refractivity contribution is -0.145. The van der Waals surface area contributed by atoms with Gasteiger partial charge in [0, 0.05) is 26.2 Å². The van der Waals surface area contributed by atoms with Gasteiger partial charge in [-0.1, -0.05) is 0 Å². The van der Waals surface area contributed by atoms with Gasteiger partial charge in [0.2, 0.25) is 0 Å². The smallest absolute Gasteiger partial charge is 0.253 e. The molecule has 2 aliphatic carbocycles. The number of morpholine rings is 1. The maximum Gasteiger partial charge on any atom is 0.253 e. The van der Waals surface area contributed by atoms with E-state index in [0.29, 0.717) is 13.2 Å². The third kappa shape index (κ3) is 3.19. The average Bonchev–Trinajstić information content (AvgIpc) is 3.23. The molecular formula is C13H22N2O2. The van der Waals surface area contributed by atoms with Crippen molar-refractivity contribution in [3.63, 3.8) is 0 Å². The highest BCUT2D eigenvalue weighted by atomic mass is 16.5. The molecule has 1 heterocycles. The van der Waals surface area contributed by atoms with Gasteiger partial charge < -0.3 is 15.0 Å². The van der Waals surface area contributed by atoms with Crippen molar-refractivity contribution < 1.29 is 9.53 Å². The lowest BCUT2D eigenvalue weighted by atomic mass is 10.2. The second-order valence-corrected chi connectivity index (χ2v) is 5.69. The maximum atomic E-state index is 12.4. The van der Waals surface area contributed by atoms with Crippen molar-refractivity contribution in [2.75, 3.05) is 32.8 Å². The first kappa shape index (κ1) is 11.5. The molecule has 0 spiro atoms. The van der Waals surface area contributed by atoms with Gasteiger partial charge in [-0.3, -0.25) is 4.79 Å². The standard InChI is InChI=1S/C13H22N2O2/c16-13(12-7-14-5-6-17-12)15(8-10-1-2-10)9-11-3-4-11/h10-12,14H,1-9H2. The van der Waals surface area contributed by atoms with E-state index in [4.69, 9.17) is 4.74 Å². The van der Waals surface area contributed by atoms with Crippen LogP contribution in [0, 0.1) is 11.8 Å². The molecule has 0 aromatic heterocycles. The molecule has 3 aliphatic rings. The van der Waals surface area contributed by atoms with E-state index < -0.39 is 0 Å². The van der Waals surface area contributed by atoms with Gasteiger partial charge in [0.1, 0.15) is 6.10 Å². The van der Waals surface area contributed by atoms with E-state index in [1.165, 1.54) is 25.7 Å². The molecule has 1 amide bonds. The summed E-state index contributed by atoms with van der Waals surface area (Å²) in [6, 6.07) is 0. The zero-order chi connectivity index (χ0) is 11.7. The summed E-state index contributed by atoms with van der Waals surface area (Å²) in [5.74, 6) is 1.76. The second-order valence-electron chi connectivity index (χ2n) is 5.69. The quantitative estimate of drug-likeness (QED) is 0.763. The van der Waals surface area contributed by atoms with Crippen molar-refractivity contribution in [2.24, 2.45) is 11.8 Å². The van der Waals surface area contributed by atoms with Gasteiger partial charge in [-0.25, -0.2) is 0 Å². The minimum absolute atomic E-state index is 0.219. The number of hydrogen-bond acceptors (Lipinski definition) is 3. The molecule has 0 bridgehead atoms. The predicted molar refractivity (Wildman–Crippen MR) is 64.6 cm³/mol. The molecule has 0 aromatic rings. The third-order valence-electron chi connectivity index (χ3n) is 3.87. The Labute approximate surface area is 103 Å². The Kier molecular flexibility index (Phi) is 3.34. The molecule has 96 valence electrons. The zero-order valence-corrected chi connectivity index (χ0v) is 10.4. The molecule has 1 unspecified atom stereocenters. The highest BCUT2D eigenvalue weighted by Crippen LogP contribution is 2.34. The van der Waals surface area contributed by atoms with E-state index in [1.54, 1.807) is 0 Å². The Morgan fingerprint density at radius 3 is 2.29 bits per heavy atom. The molecule has 2 saturated carbocycles. The Hall–Kier alpha value is -0.610. The van der Waals surface area contributed by atoms with E-state index in [9.17, 15) is 4.79 Å². The van der Waals surface area contributed by atoms with Crippen LogP contribution < -0.4 is 5.32 Å². The van der Waals surface area contributed by atoms with Crippen molar-refractivity contribution in [3.05, 3.63) is 0 Å². The van der Waals surface area contributed by atoms with Crippen LogP contribution in [0.5, 0.6) is 0 Å². The lowest BCUT2D eigenvalue weighted by Gasteiger charge is -2.30. The van der Waals surface area contributed by atoms with Gasteiger partial charge in [0.05, 0.1) is 6.61 Å². The second kappa shape index (κ2) is 4.94. The van der Waals surface area contributed by atoms with Crippen molar-refractivity contribution in [2.45, 2.75) is 31.8 Å². The summed E-state index contributed by atoms with van der Waals surface area (Å²) < 4.78 is 5.57. The van der Waals surface area contributed by atoms with Crippen molar-refractivity contribution in [1.29, 1.82) is 0 Å². The van der Waals surface area contributed by atoms with E-state index in [2.05, 4.69) is 10.2 Å². The molecule has 0 radical (unpaired) electrons. The van der Waals surface area contributed by atoms with Crippen molar-refractivity contribution in [3.8, 4) is 0 Å². The Balaban J connectivity index is 1.56. The van der Waals surface area contributed by atoms with Crippen LogP contribution >= 0.6 is 0 Å². The highest BCUT2D eigenvalue weighted by Gasteiger charge is 2.34. The summed E-state index contributed by atoms with van der Waals surface area (Å²) in [4.78, 5) is 14.5. The fraction of sp³-hybridized carbons (Fsp3) is 0.923. The molecule has 3 fully saturated rings.